The Hall–Kier alpha value is -1.46. The summed E-state index contributed by atoms with van der Waals surface area (Å²) < 4.78 is 1.33. The third kappa shape index (κ3) is 1.82. The summed E-state index contributed by atoms with van der Waals surface area (Å²) >= 11 is 0. The lowest BCUT2D eigenvalue weighted by Crippen LogP contribution is -2.26. The molecule has 13 heavy (non-hydrogen) atoms. The van der Waals surface area contributed by atoms with Gasteiger partial charge in [0.05, 0.1) is 0 Å². The highest BCUT2D eigenvalue weighted by molar-refractivity contribution is 5.72. The maximum absolute atomic E-state index is 10.9. The summed E-state index contributed by atoms with van der Waals surface area (Å²) in [4.78, 5) is 10.9. The molecule has 6 nitrogen and oxygen atoms in total. The van der Waals surface area contributed by atoms with Crippen LogP contribution in [0.3, 0.4) is 0 Å². The van der Waals surface area contributed by atoms with E-state index < -0.39 is 12.0 Å². The summed E-state index contributed by atoms with van der Waals surface area (Å²) in [5.74, 6) is -0.439. The second-order valence-electron chi connectivity index (χ2n) is 3.20. The first kappa shape index (κ1) is 9.63. The fourth-order valence-corrected chi connectivity index (χ4v) is 1.17. The topological polar surface area (TPSA) is 80.9 Å². The molecule has 1 atom stereocenters. The highest BCUT2D eigenvalue weighted by Crippen LogP contribution is 2.16. The quantitative estimate of drug-likeness (QED) is 0.728. The van der Waals surface area contributed by atoms with Gasteiger partial charge < -0.3 is 5.11 Å². The van der Waals surface area contributed by atoms with Gasteiger partial charge in [0.1, 0.15) is 5.82 Å². The van der Waals surface area contributed by atoms with E-state index in [0.717, 1.165) is 0 Å². The van der Waals surface area contributed by atoms with Crippen LogP contribution in [0.5, 0.6) is 0 Å². The summed E-state index contributed by atoms with van der Waals surface area (Å²) in [6.45, 7) is 5.32. The van der Waals surface area contributed by atoms with Gasteiger partial charge in [0.2, 0.25) is 0 Å². The van der Waals surface area contributed by atoms with Crippen molar-refractivity contribution in [2.45, 2.75) is 26.8 Å². The minimum Gasteiger partial charge on any atom is -0.480 e. The van der Waals surface area contributed by atoms with E-state index in [1.165, 1.54) is 4.68 Å². The zero-order valence-electron chi connectivity index (χ0n) is 7.80. The van der Waals surface area contributed by atoms with Crippen molar-refractivity contribution < 1.29 is 9.90 Å². The second-order valence-corrected chi connectivity index (χ2v) is 3.20. The van der Waals surface area contributed by atoms with Gasteiger partial charge in [-0.3, -0.25) is 0 Å². The van der Waals surface area contributed by atoms with Crippen LogP contribution in [0.2, 0.25) is 0 Å². The fourth-order valence-electron chi connectivity index (χ4n) is 1.17. The summed E-state index contributed by atoms with van der Waals surface area (Å²) in [5, 5.41) is 19.6. The molecule has 1 aromatic rings. The molecule has 1 unspecified atom stereocenters. The maximum Gasteiger partial charge on any atom is 0.328 e. The minimum atomic E-state index is -0.912. The van der Waals surface area contributed by atoms with E-state index >= 15 is 0 Å². The van der Waals surface area contributed by atoms with Crippen LogP contribution in [0.1, 0.15) is 25.7 Å². The molecule has 0 aromatic carbocycles. The van der Waals surface area contributed by atoms with Crippen LogP contribution in [-0.2, 0) is 4.79 Å². The lowest BCUT2D eigenvalue weighted by atomic mass is 10.1. The Balaban J connectivity index is 3.02. The molecule has 0 radical (unpaired) electrons. The van der Waals surface area contributed by atoms with Crippen LogP contribution in [-0.4, -0.2) is 31.3 Å². The molecular formula is C7H12N4O2. The Morgan fingerprint density at radius 1 is 1.54 bits per heavy atom. The molecule has 0 aliphatic carbocycles. The first-order valence-electron chi connectivity index (χ1n) is 4.01. The number of tetrazole rings is 1. The lowest BCUT2D eigenvalue weighted by Gasteiger charge is -2.15. The number of hydrogen-bond acceptors (Lipinski definition) is 4. The van der Waals surface area contributed by atoms with Gasteiger partial charge in [-0.1, -0.05) is 13.8 Å². The van der Waals surface area contributed by atoms with Crippen LogP contribution in [0.25, 0.3) is 0 Å². The third-order valence-corrected chi connectivity index (χ3v) is 1.81. The van der Waals surface area contributed by atoms with E-state index in [1.54, 1.807) is 6.92 Å². The molecule has 0 fully saturated rings. The van der Waals surface area contributed by atoms with E-state index in [1.807, 2.05) is 13.8 Å². The van der Waals surface area contributed by atoms with E-state index in [9.17, 15) is 4.79 Å². The summed E-state index contributed by atoms with van der Waals surface area (Å²) in [5.41, 5.74) is 0. The molecule has 0 aliphatic rings. The van der Waals surface area contributed by atoms with Crippen LogP contribution in [0, 0.1) is 12.8 Å². The predicted octanol–water partition coefficient (Wildman–Crippen LogP) is 0.263. The SMILES string of the molecule is Cc1nnnn1C(C(=O)O)C(C)C. The van der Waals surface area contributed by atoms with Gasteiger partial charge >= 0.3 is 5.97 Å². The smallest absolute Gasteiger partial charge is 0.328 e. The van der Waals surface area contributed by atoms with Gasteiger partial charge in [0.25, 0.3) is 0 Å². The van der Waals surface area contributed by atoms with Crippen LogP contribution < -0.4 is 0 Å². The monoisotopic (exact) mass is 184 g/mol. The standard InChI is InChI=1S/C7H12N4O2/c1-4(2)6(7(12)13)11-5(3)8-9-10-11/h4,6H,1-3H3,(H,12,13). The van der Waals surface area contributed by atoms with Crippen LogP contribution in [0.4, 0.5) is 0 Å². The summed E-state index contributed by atoms with van der Waals surface area (Å²) in [7, 11) is 0. The highest BCUT2D eigenvalue weighted by Gasteiger charge is 2.26. The summed E-state index contributed by atoms with van der Waals surface area (Å²) in [6, 6.07) is -0.685. The van der Waals surface area contributed by atoms with Crippen molar-refractivity contribution in [3.63, 3.8) is 0 Å². The number of carboxylic acid groups (broad SMARTS) is 1. The fraction of sp³-hybridized carbons (Fsp3) is 0.714. The predicted molar refractivity (Wildman–Crippen MR) is 44.1 cm³/mol. The van der Waals surface area contributed by atoms with E-state index in [4.69, 9.17) is 5.11 Å². The molecule has 1 aromatic heterocycles. The van der Waals surface area contributed by atoms with Crippen molar-refractivity contribution in [3.8, 4) is 0 Å². The Morgan fingerprint density at radius 2 is 2.15 bits per heavy atom. The van der Waals surface area contributed by atoms with Crippen molar-refractivity contribution in [2.24, 2.45) is 5.92 Å². The Bertz CT molecular complexity index is 307. The molecule has 0 spiro atoms. The number of aromatic nitrogens is 4. The number of carbonyl (C=O) groups is 1. The van der Waals surface area contributed by atoms with Crippen molar-refractivity contribution in [1.82, 2.24) is 20.2 Å². The molecule has 72 valence electrons. The first-order valence-corrected chi connectivity index (χ1v) is 4.01. The highest BCUT2D eigenvalue weighted by atomic mass is 16.4. The largest absolute Gasteiger partial charge is 0.480 e. The van der Waals surface area contributed by atoms with Gasteiger partial charge in [0.15, 0.2) is 6.04 Å². The Morgan fingerprint density at radius 3 is 2.46 bits per heavy atom. The molecule has 1 heterocycles. The molecule has 1 N–H and O–H groups in total. The van der Waals surface area contributed by atoms with Crippen LogP contribution in [0.15, 0.2) is 0 Å². The van der Waals surface area contributed by atoms with E-state index in [2.05, 4.69) is 15.5 Å². The average Bonchev–Trinajstić information content (AvgIpc) is 2.35. The van der Waals surface area contributed by atoms with Gasteiger partial charge in [0, 0.05) is 0 Å². The molecule has 0 amide bonds. The third-order valence-electron chi connectivity index (χ3n) is 1.81. The van der Waals surface area contributed by atoms with Crippen molar-refractivity contribution in [1.29, 1.82) is 0 Å². The average molecular weight is 184 g/mol. The molecule has 0 aliphatic heterocycles. The minimum absolute atomic E-state index is 0.0419. The van der Waals surface area contributed by atoms with Gasteiger partial charge in [-0.05, 0) is 23.3 Å². The number of rotatable bonds is 3. The number of nitrogens with zero attached hydrogens (tertiary/aromatic N) is 4. The number of aliphatic carboxylic acids is 1. The van der Waals surface area contributed by atoms with Gasteiger partial charge in [-0.25, -0.2) is 9.48 Å². The normalized spacial score (nSPS) is 13.2. The van der Waals surface area contributed by atoms with E-state index in [0.29, 0.717) is 5.82 Å². The number of carboxylic acids is 1. The second kappa shape index (κ2) is 3.51. The Labute approximate surface area is 75.6 Å². The molecule has 6 heteroatoms. The molecule has 0 saturated carbocycles. The zero-order valence-corrected chi connectivity index (χ0v) is 7.80. The first-order chi connectivity index (χ1) is 6.04. The van der Waals surface area contributed by atoms with E-state index in [-0.39, 0.29) is 5.92 Å². The van der Waals surface area contributed by atoms with Crippen LogP contribution >= 0.6 is 0 Å². The maximum atomic E-state index is 10.9. The zero-order chi connectivity index (χ0) is 10.0. The number of hydrogen-bond donors (Lipinski definition) is 1. The number of aryl methyl sites for hydroxylation is 1. The Kier molecular flexibility index (Phi) is 2.60. The lowest BCUT2D eigenvalue weighted by molar-refractivity contribution is -0.142. The van der Waals surface area contributed by atoms with Crippen molar-refractivity contribution in [3.05, 3.63) is 5.82 Å². The van der Waals surface area contributed by atoms with Crippen molar-refractivity contribution in [2.75, 3.05) is 0 Å². The molecule has 0 bridgehead atoms. The molecular weight excluding hydrogens is 172 g/mol. The molecule has 0 saturated heterocycles. The van der Waals surface area contributed by atoms with Gasteiger partial charge in [-0.2, -0.15) is 0 Å². The van der Waals surface area contributed by atoms with Gasteiger partial charge in [-0.15, -0.1) is 5.10 Å². The summed E-state index contributed by atoms with van der Waals surface area (Å²) in [6.07, 6.45) is 0. The van der Waals surface area contributed by atoms with Crippen molar-refractivity contribution >= 4 is 5.97 Å². The molecule has 1 rings (SSSR count).